The highest BCUT2D eigenvalue weighted by atomic mass is 16.5. The standard InChI is InChI=1S/C15H22N2O3/c1-11(2)20-15-7-5-14(6-8-15)17(13(4)19)10-9-16-12(3)18/h5-8,11H,9-10H2,1-4H3,(H,16,18). The zero-order valence-electron chi connectivity index (χ0n) is 12.5. The first-order valence-electron chi connectivity index (χ1n) is 6.69. The van der Waals surface area contributed by atoms with E-state index in [2.05, 4.69) is 5.32 Å². The number of carbonyl (C=O) groups is 2. The molecule has 0 aromatic heterocycles. The van der Waals surface area contributed by atoms with Crippen molar-refractivity contribution in [3.63, 3.8) is 0 Å². The quantitative estimate of drug-likeness (QED) is 0.865. The Morgan fingerprint density at radius 2 is 1.80 bits per heavy atom. The molecular weight excluding hydrogens is 256 g/mol. The molecule has 0 radical (unpaired) electrons. The van der Waals surface area contributed by atoms with Gasteiger partial charge in [-0.05, 0) is 38.1 Å². The number of carbonyl (C=O) groups excluding carboxylic acids is 2. The zero-order valence-corrected chi connectivity index (χ0v) is 12.5. The molecule has 1 aromatic rings. The number of ether oxygens (including phenoxy) is 1. The Labute approximate surface area is 119 Å². The highest BCUT2D eigenvalue weighted by molar-refractivity contribution is 5.91. The van der Waals surface area contributed by atoms with Crippen LogP contribution in [0.1, 0.15) is 27.7 Å². The van der Waals surface area contributed by atoms with Crippen molar-refractivity contribution in [2.45, 2.75) is 33.8 Å². The van der Waals surface area contributed by atoms with Crippen molar-refractivity contribution < 1.29 is 14.3 Å². The van der Waals surface area contributed by atoms with Crippen molar-refractivity contribution in [3.05, 3.63) is 24.3 Å². The maximum atomic E-state index is 11.7. The van der Waals surface area contributed by atoms with Gasteiger partial charge in [-0.2, -0.15) is 0 Å². The maximum absolute atomic E-state index is 11.7. The Morgan fingerprint density at radius 3 is 2.25 bits per heavy atom. The van der Waals surface area contributed by atoms with Gasteiger partial charge in [-0.15, -0.1) is 0 Å². The molecule has 5 nitrogen and oxygen atoms in total. The average molecular weight is 278 g/mol. The average Bonchev–Trinajstić information content (AvgIpc) is 2.34. The summed E-state index contributed by atoms with van der Waals surface area (Å²) >= 11 is 0. The smallest absolute Gasteiger partial charge is 0.223 e. The minimum atomic E-state index is -0.103. The number of nitrogens with zero attached hydrogens (tertiary/aromatic N) is 1. The third-order valence-electron chi connectivity index (χ3n) is 2.61. The third-order valence-corrected chi connectivity index (χ3v) is 2.61. The molecule has 1 aromatic carbocycles. The van der Waals surface area contributed by atoms with Gasteiger partial charge in [0, 0.05) is 32.6 Å². The Bertz CT molecular complexity index is 455. The van der Waals surface area contributed by atoms with Gasteiger partial charge in [0.15, 0.2) is 0 Å². The summed E-state index contributed by atoms with van der Waals surface area (Å²) in [7, 11) is 0. The maximum Gasteiger partial charge on any atom is 0.223 e. The molecule has 0 bridgehead atoms. The number of benzene rings is 1. The summed E-state index contributed by atoms with van der Waals surface area (Å²) in [6, 6.07) is 7.35. The van der Waals surface area contributed by atoms with E-state index in [9.17, 15) is 9.59 Å². The fourth-order valence-electron chi connectivity index (χ4n) is 1.79. The van der Waals surface area contributed by atoms with E-state index >= 15 is 0 Å². The lowest BCUT2D eigenvalue weighted by Gasteiger charge is -2.21. The Kier molecular flexibility index (Phi) is 6.03. The van der Waals surface area contributed by atoms with Crippen LogP contribution in [0, 0.1) is 0 Å². The lowest BCUT2D eigenvalue weighted by Crippen LogP contribution is -2.36. The summed E-state index contributed by atoms with van der Waals surface area (Å²) in [5, 5.41) is 2.68. The molecule has 5 heteroatoms. The van der Waals surface area contributed by atoms with E-state index in [1.165, 1.54) is 13.8 Å². The van der Waals surface area contributed by atoms with Crippen molar-refractivity contribution >= 4 is 17.5 Å². The number of anilines is 1. The Hall–Kier alpha value is -2.04. The lowest BCUT2D eigenvalue weighted by molar-refractivity contribution is -0.119. The molecule has 0 aliphatic rings. The van der Waals surface area contributed by atoms with E-state index < -0.39 is 0 Å². The van der Waals surface area contributed by atoms with Crippen molar-refractivity contribution in [1.29, 1.82) is 0 Å². The van der Waals surface area contributed by atoms with Crippen LogP contribution in [-0.2, 0) is 9.59 Å². The molecule has 0 saturated heterocycles. The van der Waals surface area contributed by atoms with Gasteiger partial charge in [-0.25, -0.2) is 0 Å². The Morgan fingerprint density at radius 1 is 1.20 bits per heavy atom. The van der Waals surface area contributed by atoms with Crippen LogP contribution in [0.2, 0.25) is 0 Å². The second kappa shape index (κ2) is 7.53. The second-order valence-corrected chi connectivity index (χ2v) is 4.81. The number of hydrogen-bond acceptors (Lipinski definition) is 3. The first kappa shape index (κ1) is 16.0. The predicted octanol–water partition coefficient (Wildman–Crippen LogP) is 1.96. The van der Waals surface area contributed by atoms with E-state index in [4.69, 9.17) is 4.74 Å². The lowest BCUT2D eigenvalue weighted by atomic mass is 10.2. The molecule has 1 rings (SSSR count). The summed E-state index contributed by atoms with van der Waals surface area (Å²) in [5.74, 6) is 0.608. The molecule has 0 atom stereocenters. The summed E-state index contributed by atoms with van der Waals surface area (Å²) in [5.41, 5.74) is 0.791. The fourth-order valence-corrected chi connectivity index (χ4v) is 1.79. The normalized spacial score (nSPS) is 10.2. The SMILES string of the molecule is CC(=O)NCCN(C(C)=O)c1ccc(OC(C)C)cc1. The van der Waals surface area contributed by atoms with Gasteiger partial charge >= 0.3 is 0 Å². The summed E-state index contributed by atoms with van der Waals surface area (Å²) in [4.78, 5) is 24.1. The van der Waals surface area contributed by atoms with Crippen LogP contribution in [0.3, 0.4) is 0 Å². The van der Waals surface area contributed by atoms with Gasteiger partial charge < -0.3 is 15.0 Å². The van der Waals surface area contributed by atoms with E-state index in [-0.39, 0.29) is 17.9 Å². The molecule has 0 fully saturated rings. The molecule has 0 saturated carbocycles. The molecule has 0 aliphatic carbocycles. The first-order valence-corrected chi connectivity index (χ1v) is 6.69. The highest BCUT2D eigenvalue weighted by Crippen LogP contribution is 2.20. The number of nitrogens with one attached hydrogen (secondary N) is 1. The number of rotatable bonds is 6. The zero-order chi connectivity index (χ0) is 15.1. The van der Waals surface area contributed by atoms with Crippen LogP contribution >= 0.6 is 0 Å². The molecule has 110 valence electrons. The van der Waals surface area contributed by atoms with E-state index in [1.54, 1.807) is 4.90 Å². The molecule has 2 amide bonds. The van der Waals surface area contributed by atoms with Crippen LogP contribution in [0.15, 0.2) is 24.3 Å². The van der Waals surface area contributed by atoms with Gasteiger partial charge in [0.05, 0.1) is 6.10 Å². The van der Waals surface area contributed by atoms with Gasteiger partial charge in [-0.1, -0.05) is 0 Å². The molecule has 0 spiro atoms. The third kappa shape index (κ3) is 5.30. The van der Waals surface area contributed by atoms with Gasteiger partial charge in [0.1, 0.15) is 5.75 Å². The number of hydrogen-bond donors (Lipinski definition) is 1. The fraction of sp³-hybridized carbons (Fsp3) is 0.467. The topological polar surface area (TPSA) is 58.6 Å². The predicted molar refractivity (Wildman–Crippen MR) is 78.9 cm³/mol. The molecule has 0 unspecified atom stereocenters. The van der Waals surface area contributed by atoms with E-state index in [1.807, 2.05) is 38.1 Å². The van der Waals surface area contributed by atoms with E-state index in [0.717, 1.165) is 11.4 Å². The molecule has 0 aliphatic heterocycles. The van der Waals surface area contributed by atoms with Crippen molar-refractivity contribution in [3.8, 4) is 5.75 Å². The van der Waals surface area contributed by atoms with E-state index in [0.29, 0.717) is 13.1 Å². The molecule has 0 heterocycles. The number of amides is 2. The van der Waals surface area contributed by atoms with Crippen LogP contribution in [0.25, 0.3) is 0 Å². The molecular formula is C15H22N2O3. The van der Waals surface area contributed by atoms with Crippen LogP contribution in [0.4, 0.5) is 5.69 Å². The summed E-state index contributed by atoms with van der Waals surface area (Å²) in [6.07, 6.45) is 0.115. The second-order valence-electron chi connectivity index (χ2n) is 4.81. The van der Waals surface area contributed by atoms with Crippen LogP contribution in [-0.4, -0.2) is 31.0 Å². The van der Waals surface area contributed by atoms with Gasteiger partial charge in [0.25, 0.3) is 0 Å². The van der Waals surface area contributed by atoms with Crippen molar-refractivity contribution in [1.82, 2.24) is 5.32 Å². The Balaban J connectivity index is 2.71. The van der Waals surface area contributed by atoms with Gasteiger partial charge in [0.2, 0.25) is 11.8 Å². The molecule has 1 N–H and O–H groups in total. The van der Waals surface area contributed by atoms with Crippen molar-refractivity contribution in [2.75, 3.05) is 18.0 Å². The van der Waals surface area contributed by atoms with Crippen LogP contribution < -0.4 is 15.0 Å². The van der Waals surface area contributed by atoms with Crippen molar-refractivity contribution in [2.24, 2.45) is 0 Å². The monoisotopic (exact) mass is 278 g/mol. The first-order chi connectivity index (χ1) is 9.40. The summed E-state index contributed by atoms with van der Waals surface area (Å²) in [6.45, 7) is 7.76. The summed E-state index contributed by atoms with van der Waals surface area (Å²) < 4.78 is 5.56. The minimum Gasteiger partial charge on any atom is -0.491 e. The van der Waals surface area contributed by atoms with Crippen LogP contribution in [0.5, 0.6) is 5.75 Å². The van der Waals surface area contributed by atoms with Gasteiger partial charge in [-0.3, -0.25) is 9.59 Å². The largest absolute Gasteiger partial charge is 0.491 e. The highest BCUT2D eigenvalue weighted by Gasteiger charge is 2.11. The minimum absolute atomic E-state index is 0.0621. The molecule has 20 heavy (non-hydrogen) atoms.